The molecule has 3 heterocycles. The standard InChI is InChI=1S/C25H22N2O6/c1-24(2)12-17-18(22(29)33-24)25(15-10-6-7-11-16(15)27-23(25)30)19(20(26)32-17)21(28)31-13-14-8-4-3-5-9-14/h3-11H,12-13,26H2,1-2H3,(H,27,30). The number of rotatable bonds is 3. The molecule has 2 aromatic rings. The molecule has 8 heteroatoms. The number of hydrogen-bond acceptors (Lipinski definition) is 7. The Kier molecular flexibility index (Phi) is 4.56. The smallest absolute Gasteiger partial charge is 0.341 e. The third-order valence-electron chi connectivity index (χ3n) is 6.00. The van der Waals surface area contributed by atoms with E-state index in [2.05, 4.69) is 5.32 Å². The molecule has 1 unspecified atom stereocenters. The van der Waals surface area contributed by atoms with Gasteiger partial charge in [-0.25, -0.2) is 9.59 Å². The highest BCUT2D eigenvalue weighted by Gasteiger charge is 2.63. The van der Waals surface area contributed by atoms with Crippen LogP contribution >= 0.6 is 0 Å². The molecule has 1 amide bonds. The molecule has 8 nitrogen and oxygen atoms in total. The number of cyclic esters (lactones) is 1. The highest BCUT2D eigenvalue weighted by molar-refractivity contribution is 6.21. The highest BCUT2D eigenvalue weighted by Crippen LogP contribution is 2.54. The minimum Gasteiger partial charge on any atom is -0.457 e. The lowest BCUT2D eigenvalue weighted by atomic mass is 9.66. The van der Waals surface area contributed by atoms with E-state index in [4.69, 9.17) is 19.9 Å². The highest BCUT2D eigenvalue weighted by atomic mass is 16.6. The van der Waals surface area contributed by atoms with Crippen molar-refractivity contribution in [2.75, 3.05) is 5.32 Å². The average Bonchev–Trinajstić information content (AvgIpc) is 3.03. The Morgan fingerprint density at radius 1 is 1.09 bits per heavy atom. The van der Waals surface area contributed by atoms with E-state index in [-0.39, 0.29) is 35.8 Å². The molecule has 1 spiro atoms. The molecule has 0 saturated heterocycles. The van der Waals surface area contributed by atoms with Gasteiger partial charge in [0.05, 0.1) is 0 Å². The molecular formula is C25H22N2O6. The second-order valence-corrected chi connectivity index (χ2v) is 8.78. The van der Waals surface area contributed by atoms with E-state index in [1.54, 1.807) is 50.2 Å². The third-order valence-corrected chi connectivity index (χ3v) is 6.00. The van der Waals surface area contributed by atoms with Crippen molar-refractivity contribution in [1.29, 1.82) is 0 Å². The summed E-state index contributed by atoms with van der Waals surface area (Å²) < 4.78 is 16.9. The third kappa shape index (κ3) is 3.09. The molecule has 3 aliphatic rings. The van der Waals surface area contributed by atoms with Crippen molar-refractivity contribution < 1.29 is 28.6 Å². The molecule has 0 saturated carbocycles. The van der Waals surface area contributed by atoms with Crippen molar-refractivity contribution in [3.8, 4) is 0 Å². The first-order chi connectivity index (χ1) is 15.7. The number of amides is 1. The van der Waals surface area contributed by atoms with Crippen LogP contribution in [0.5, 0.6) is 0 Å². The number of anilines is 1. The van der Waals surface area contributed by atoms with Crippen molar-refractivity contribution in [3.05, 3.63) is 88.5 Å². The quantitative estimate of drug-likeness (QED) is 0.696. The monoisotopic (exact) mass is 446 g/mol. The van der Waals surface area contributed by atoms with Crippen LogP contribution < -0.4 is 11.1 Å². The predicted octanol–water partition coefficient (Wildman–Crippen LogP) is 2.80. The number of hydrogen-bond donors (Lipinski definition) is 2. The van der Waals surface area contributed by atoms with Gasteiger partial charge in [0.15, 0.2) is 0 Å². The summed E-state index contributed by atoms with van der Waals surface area (Å²) in [7, 11) is 0. The molecule has 2 aromatic carbocycles. The van der Waals surface area contributed by atoms with Gasteiger partial charge in [0, 0.05) is 17.7 Å². The Balaban J connectivity index is 1.67. The van der Waals surface area contributed by atoms with Gasteiger partial charge in [0.2, 0.25) is 11.8 Å². The Morgan fingerprint density at radius 3 is 2.55 bits per heavy atom. The summed E-state index contributed by atoms with van der Waals surface area (Å²) >= 11 is 0. The van der Waals surface area contributed by atoms with Crippen molar-refractivity contribution >= 4 is 23.5 Å². The van der Waals surface area contributed by atoms with Crippen LogP contribution in [-0.4, -0.2) is 23.4 Å². The second kappa shape index (κ2) is 7.23. The Morgan fingerprint density at radius 2 is 1.79 bits per heavy atom. The number of para-hydroxylation sites is 1. The van der Waals surface area contributed by atoms with Gasteiger partial charge in [-0.05, 0) is 25.5 Å². The fourth-order valence-corrected chi connectivity index (χ4v) is 4.67. The number of nitrogens with two attached hydrogens (primary N) is 1. The molecule has 3 N–H and O–H groups in total. The van der Waals surface area contributed by atoms with Gasteiger partial charge >= 0.3 is 11.9 Å². The van der Waals surface area contributed by atoms with Gasteiger partial charge in [0.25, 0.3) is 0 Å². The van der Waals surface area contributed by atoms with Gasteiger partial charge in [-0.2, -0.15) is 0 Å². The molecule has 0 aliphatic carbocycles. The van der Waals surface area contributed by atoms with Crippen LogP contribution in [0.15, 0.2) is 77.4 Å². The van der Waals surface area contributed by atoms with Crippen molar-refractivity contribution in [1.82, 2.24) is 0 Å². The molecule has 0 aromatic heterocycles. The van der Waals surface area contributed by atoms with E-state index in [1.807, 2.05) is 18.2 Å². The zero-order valence-electron chi connectivity index (χ0n) is 18.1. The van der Waals surface area contributed by atoms with Gasteiger partial charge in [-0.15, -0.1) is 0 Å². The van der Waals surface area contributed by atoms with Gasteiger partial charge in [-0.1, -0.05) is 48.5 Å². The van der Waals surface area contributed by atoms with Crippen LogP contribution in [0.2, 0.25) is 0 Å². The fraction of sp³-hybridized carbons (Fsp3) is 0.240. The first kappa shape index (κ1) is 20.8. The maximum atomic E-state index is 13.6. The summed E-state index contributed by atoms with van der Waals surface area (Å²) in [5, 5.41) is 2.78. The van der Waals surface area contributed by atoms with Crippen LogP contribution in [0.25, 0.3) is 0 Å². The lowest BCUT2D eigenvalue weighted by molar-refractivity contribution is -0.157. The lowest BCUT2D eigenvalue weighted by Crippen LogP contribution is -2.52. The largest absolute Gasteiger partial charge is 0.457 e. The summed E-state index contributed by atoms with van der Waals surface area (Å²) in [5.41, 5.74) is 4.90. The summed E-state index contributed by atoms with van der Waals surface area (Å²) in [6, 6.07) is 15.9. The number of nitrogens with one attached hydrogen (secondary N) is 1. The minimum atomic E-state index is -1.84. The Bertz CT molecular complexity index is 1260. The molecule has 3 aliphatic heterocycles. The van der Waals surface area contributed by atoms with E-state index in [0.29, 0.717) is 11.3 Å². The number of esters is 2. The zero-order chi connectivity index (χ0) is 23.4. The number of carbonyl (C=O) groups is 3. The molecular weight excluding hydrogens is 424 g/mol. The maximum Gasteiger partial charge on any atom is 0.341 e. The van der Waals surface area contributed by atoms with Crippen LogP contribution in [0.1, 0.15) is 31.4 Å². The van der Waals surface area contributed by atoms with E-state index < -0.39 is 28.9 Å². The van der Waals surface area contributed by atoms with Gasteiger partial charge in [0.1, 0.15) is 34.5 Å². The molecule has 5 rings (SSSR count). The molecule has 1 atom stereocenters. The van der Waals surface area contributed by atoms with E-state index >= 15 is 0 Å². The summed E-state index contributed by atoms with van der Waals surface area (Å²) in [6.07, 6.45) is 0.193. The number of fused-ring (bicyclic) bond motifs is 3. The van der Waals surface area contributed by atoms with Crippen LogP contribution in [-0.2, 0) is 40.6 Å². The average molecular weight is 446 g/mol. The van der Waals surface area contributed by atoms with Crippen molar-refractivity contribution in [2.45, 2.75) is 37.9 Å². The zero-order valence-corrected chi connectivity index (χ0v) is 18.1. The van der Waals surface area contributed by atoms with Gasteiger partial charge < -0.3 is 25.3 Å². The summed E-state index contributed by atoms with van der Waals surface area (Å²) in [4.78, 5) is 40.3. The first-order valence-electron chi connectivity index (χ1n) is 10.5. The Hall–Kier alpha value is -4.07. The fourth-order valence-electron chi connectivity index (χ4n) is 4.67. The van der Waals surface area contributed by atoms with E-state index in [1.165, 1.54) is 0 Å². The number of benzene rings is 2. The number of carbonyl (C=O) groups excluding carboxylic acids is 3. The molecule has 0 radical (unpaired) electrons. The topological polar surface area (TPSA) is 117 Å². The summed E-state index contributed by atoms with van der Waals surface area (Å²) in [5.74, 6) is -2.25. The second-order valence-electron chi connectivity index (χ2n) is 8.78. The van der Waals surface area contributed by atoms with Crippen LogP contribution in [0.4, 0.5) is 5.69 Å². The molecule has 168 valence electrons. The first-order valence-corrected chi connectivity index (χ1v) is 10.5. The molecule has 33 heavy (non-hydrogen) atoms. The predicted molar refractivity (Wildman–Crippen MR) is 117 cm³/mol. The van der Waals surface area contributed by atoms with Crippen LogP contribution in [0.3, 0.4) is 0 Å². The SMILES string of the molecule is CC1(C)CC2=C(C(=O)O1)C1(C(=O)Nc3ccccc31)C(C(=O)OCc1ccccc1)=C(N)O2. The van der Waals surface area contributed by atoms with Gasteiger partial charge in [-0.3, -0.25) is 4.79 Å². The number of ether oxygens (including phenoxy) is 3. The molecule has 0 fully saturated rings. The minimum absolute atomic E-state index is 0.0425. The lowest BCUT2D eigenvalue weighted by Gasteiger charge is -2.41. The van der Waals surface area contributed by atoms with E-state index in [9.17, 15) is 14.4 Å². The molecule has 0 bridgehead atoms. The van der Waals surface area contributed by atoms with E-state index in [0.717, 1.165) is 5.56 Å². The van der Waals surface area contributed by atoms with Crippen LogP contribution in [0, 0.1) is 0 Å². The maximum absolute atomic E-state index is 13.6. The van der Waals surface area contributed by atoms with Crippen molar-refractivity contribution in [2.24, 2.45) is 5.73 Å². The Labute approximate surface area is 190 Å². The summed E-state index contributed by atoms with van der Waals surface area (Å²) in [6.45, 7) is 3.42. The normalized spacial score (nSPS) is 22.8. The van der Waals surface area contributed by atoms with Crippen molar-refractivity contribution in [3.63, 3.8) is 0 Å².